The minimum atomic E-state index is -2.29. The Labute approximate surface area is 210 Å². The number of ether oxygens (including phenoxy) is 3. The second-order valence-electron chi connectivity index (χ2n) is 8.15. The second-order valence-corrected chi connectivity index (χ2v) is 8.15. The Hall–Kier alpha value is -3.94. The average Bonchev–Trinajstić information content (AvgIpc) is 3.17. The molecule has 0 aromatic heterocycles. The topological polar surface area (TPSA) is 99.2 Å². The highest BCUT2D eigenvalue weighted by Gasteiger charge is 2.68. The van der Waals surface area contributed by atoms with E-state index in [-0.39, 0.29) is 37.5 Å². The van der Waals surface area contributed by atoms with Crippen molar-refractivity contribution in [1.82, 2.24) is 4.90 Å². The van der Waals surface area contributed by atoms with E-state index >= 15 is 0 Å². The van der Waals surface area contributed by atoms with Crippen LogP contribution in [0.2, 0.25) is 0 Å². The first-order valence-corrected chi connectivity index (χ1v) is 12.0. The summed E-state index contributed by atoms with van der Waals surface area (Å²) in [6, 6.07) is 17.8. The summed E-state index contributed by atoms with van der Waals surface area (Å²) in [4.78, 5) is 55.5. The Balaban J connectivity index is 2.44. The lowest BCUT2D eigenvalue weighted by Gasteiger charge is -2.38. The van der Waals surface area contributed by atoms with Gasteiger partial charge in [-0.25, -0.2) is 14.4 Å². The van der Waals surface area contributed by atoms with E-state index in [4.69, 9.17) is 14.2 Å². The van der Waals surface area contributed by atoms with Gasteiger partial charge in [-0.3, -0.25) is 9.69 Å². The molecule has 0 radical (unpaired) electrons. The minimum absolute atomic E-state index is 0.0446. The fourth-order valence-corrected chi connectivity index (χ4v) is 4.72. The van der Waals surface area contributed by atoms with Gasteiger partial charge in [0, 0.05) is 19.0 Å². The fraction of sp³-hybridized carbons (Fsp3) is 0.357. The normalized spacial score (nSPS) is 16.4. The number of rotatable bonds is 9. The van der Waals surface area contributed by atoms with E-state index in [1.54, 1.807) is 51.1 Å². The standard InChI is InChI=1S/C28H31NO7/c1-5-34-25(31)23-22(18-20-14-10-8-11-15-20)29(19(4)30)28(26(32)35-6-2,27(33)36-7-3)24(23)21-16-12-9-13-17-21/h8-17,24H,5-7,18H2,1-4H3. The molecule has 8 nitrogen and oxygen atoms in total. The zero-order chi connectivity index (χ0) is 26.3. The molecule has 2 aromatic carbocycles. The van der Waals surface area contributed by atoms with Crippen LogP contribution in [0, 0.1) is 0 Å². The third kappa shape index (κ3) is 4.76. The SMILES string of the molecule is CCOC(=O)C1=C(Cc2ccccc2)N(C(C)=O)C(C(=O)OCC)(C(=O)OCC)C1c1ccccc1. The smallest absolute Gasteiger partial charge is 0.345 e. The zero-order valence-corrected chi connectivity index (χ0v) is 21.0. The summed E-state index contributed by atoms with van der Waals surface area (Å²) >= 11 is 0. The Morgan fingerprint density at radius 3 is 1.75 bits per heavy atom. The third-order valence-corrected chi connectivity index (χ3v) is 5.97. The number of hydrogen-bond donors (Lipinski definition) is 0. The molecule has 0 spiro atoms. The van der Waals surface area contributed by atoms with Gasteiger partial charge in [0.25, 0.3) is 5.54 Å². The van der Waals surface area contributed by atoms with Crippen LogP contribution in [0.1, 0.15) is 44.7 Å². The number of allylic oxidation sites excluding steroid dienone is 1. The molecule has 0 fully saturated rings. The Morgan fingerprint density at radius 1 is 0.778 bits per heavy atom. The highest BCUT2D eigenvalue weighted by atomic mass is 16.6. The molecule has 8 heteroatoms. The van der Waals surface area contributed by atoms with Gasteiger partial charge in [-0.2, -0.15) is 0 Å². The van der Waals surface area contributed by atoms with Crippen LogP contribution in [0.15, 0.2) is 71.9 Å². The summed E-state index contributed by atoms with van der Waals surface area (Å²) in [6.45, 7) is 6.08. The van der Waals surface area contributed by atoms with Crippen molar-refractivity contribution >= 4 is 23.8 Å². The zero-order valence-electron chi connectivity index (χ0n) is 21.0. The maximum atomic E-state index is 13.8. The van der Waals surface area contributed by atoms with Crippen molar-refractivity contribution in [1.29, 1.82) is 0 Å². The molecular weight excluding hydrogens is 462 g/mol. The molecule has 1 heterocycles. The quantitative estimate of drug-likeness (QED) is 0.299. The van der Waals surface area contributed by atoms with Crippen LogP contribution >= 0.6 is 0 Å². The predicted octanol–water partition coefficient (Wildman–Crippen LogP) is 3.56. The van der Waals surface area contributed by atoms with Gasteiger partial charge in [-0.05, 0) is 31.9 Å². The fourth-order valence-electron chi connectivity index (χ4n) is 4.72. The van der Waals surface area contributed by atoms with E-state index in [0.29, 0.717) is 5.56 Å². The molecule has 0 saturated carbocycles. The van der Waals surface area contributed by atoms with E-state index in [9.17, 15) is 19.2 Å². The van der Waals surface area contributed by atoms with Crippen molar-refractivity contribution < 1.29 is 33.4 Å². The average molecular weight is 494 g/mol. The number of amides is 1. The van der Waals surface area contributed by atoms with Crippen molar-refractivity contribution in [2.75, 3.05) is 19.8 Å². The molecule has 1 atom stereocenters. The first-order chi connectivity index (χ1) is 17.3. The molecule has 3 rings (SSSR count). The van der Waals surface area contributed by atoms with Crippen LogP contribution in [0.5, 0.6) is 0 Å². The van der Waals surface area contributed by atoms with Gasteiger partial charge in [-0.1, -0.05) is 60.7 Å². The lowest BCUT2D eigenvalue weighted by atomic mass is 9.76. The molecule has 0 N–H and O–H groups in total. The van der Waals surface area contributed by atoms with Crippen LogP contribution in [0.25, 0.3) is 0 Å². The van der Waals surface area contributed by atoms with Crippen LogP contribution in [0.3, 0.4) is 0 Å². The van der Waals surface area contributed by atoms with Crippen molar-refractivity contribution in [3.8, 4) is 0 Å². The summed E-state index contributed by atoms with van der Waals surface area (Å²) in [5, 5.41) is 0. The van der Waals surface area contributed by atoms with E-state index in [1.165, 1.54) is 6.92 Å². The first-order valence-electron chi connectivity index (χ1n) is 12.0. The molecule has 190 valence electrons. The number of nitrogens with zero attached hydrogens (tertiary/aromatic N) is 1. The number of carbonyl (C=O) groups is 4. The largest absolute Gasteiger partial charge is 0.464 e. The van der Waals surface area contributed by atoms with Crippen molar-refractivity contribution in [2.24, 2.45) is 0 Å². The number of esters is 3. The second kappa shape index (κ2) is 11.7. The van der Waals surface area contributed by atoms with Gasteiger partial charge in [0.15, 0.2) is 0 Å². The van der Waals surface area contributed by atoms with Crippen molar-refractivity contribution in [3.63, 3.8) is 0 Å². The summed E-state index contributed by atoms with van der Waals surface area (Å²) in [5.74, 6) is -4.49. The molecule has 36 heavy (non-hydrogen) atoms. The van der Waals surface area contributed by atoms with Gasteiger partial charge in [-0.15, -0.1) is 0 Å². The number of benzene rings is 2. The molecule has 0 saturated heterocycles. The highest BCUT2D eigenvalue weighted by molar-refractivity contribution is 6.13. The number of hydrogen-bond acceptors (Lipinski definition) is 7. The maximum absolute atomic E-state index is 13.8. The van der Waals surface area contributed by atoms with Gasteiger partial charge in [0.05, 0.1) is 31.3 Å². The van der Waals surface area contributed by atoms with Gasteiger partial charge < -0.3 is 14.2 Å². The summed E-state index contributed by atoms with van der Waals surface area (Å²) in [6.07, 6.45) is 0.0957. The van der Waals surface area contributed by atoms with Crippen LogP contribution in [-0.4, -0.2) is 54.1 Å². The van der Waals surface area contributed by atoms with Crippen molar-refractivity contribution in [3.05, 3.63) is 83.1 Å². The first kappa shape index (κ1) is 26.7. The maximum Gasteiger partial charge on any atom is 0.345 e. The molecule has 1 aliphatic heterocycles. The lowest BCUT2D eigenvalue weighted by molar-refractivity contribution is -0.176. The number of carbonyl (C=O) groups excluding carboxylic acids is 4. The van der Waals surface area contributed by atoms with E-state index in [1.807, 2.05) is 30.3 Å². The Kier molecular flexibility index (Phi) is 8.64. The third-order valence-electron chi connectivity index (χ3n) is 5.97. The highest BCUT2D eigenvalue weighted by Crippen LogP contribution is 2.51. The van der Waals surface area contributed by atoms with Crippen LogP contribution < -0.4 is 0 Å². The minimum Gasteiger partial charge on any atom is -0.464 e. The molecule has 2 aromatic rings. The summed E-state index contributed by atoms with van der Waals surface area (Å²) in [5.41, 5.74) is -0.803. The van der Waals surface area contributed by atoms with Crippen LogP contribution in [0.4, 0.5) is 0 Å². The van der Waals surface area contributed by atoms with Crippen molar-refractivity contribution in [2.45, 2.75) is 45.6 Å². The predicted molar refractivity (Wildman–Crippen MR) is 132 cm³/mol. The Bertz CT molecular complexity index is 1120. The molecule has 1 amide bonds. The molecular formula is C28H31NO7. The van der Waals surface area contributed by atoms with Gasteiger partial charge in [0.2, 0.25) is 5.91 Å². The summed E-state index contributed by atoms with van der Waals surface area (Å²) in [7, 11) is 0. The monoisotopic (exact) mass is 493 g/mol. The molecule has 0 aliphatic carbocycles. The van der Waals surface area contributed by atoms with E-state index in [2.05, 4.69) is 0 Å². The van der Waals surface area contributed by atoms with Crippen LogP contribution in [-0.2, 0) is 39.8 Å². The van der Waals surface area contributed by atoms with Gasteiger partial charge >= 0.3 is 17.9 Å². The summed E-state index contributed by atoms with van der Waals surface area (Å²) < 4.78 is 16.2. The van der Waals surface area contributed by atoms with E-state index in [0.717, 1.165) is 10.5 Å². The van der Waals surface area contributed by atoms with Gasteiger partial charge in [0.1, 0.15) is 0 Å². The molecule has 0 bridgehead atoms. The lowest BCUT2D eigenvalue weighted by Crippen LogP contribution is -2.63. The molecule has 1 aliphatic rings. The molecule has 1 unspecified atom stereocenters. The van der Waals surface area contributed by atoms with E-state index < -0.39 is 35.3 Å². The Morgan fingerprint density at radius 2 is 1.28 bits per heavy atom.